The lowest BCUT2D eigenvalue weighted by molar-refractivity contribution is 0.572. The maximum Gasteiger partial charge on any atom is 0.123 e. The summed E-state index contributed by atoms with van der Waals surface area (Å²) in [5.74, 6) is -0.166. The van der Waals surface area contributed by atoms with Crippen LogP contribution < -0.4 is 5.32 Å². The van der Waals surface area contributed by atoms with E-state index >= 15 is 0 Å². The van der Waals surface area contributed by atoms with Crippen molar-refractivity contribution in [3.8, 4) is 0 Å². The number of rotatable bonds is 3. The molecule has 1 unspecified atom stereocenters. The van der Waals surface area contributed by atoms with Gasteiger partial charge in [-0.3, -0.25) is 0 Å². The summed E-state index contributed by atoms with van der Waals surface area (Å²) in [5.41, 5.74) is 2.62. The quantitative estimate of drug-likeness (QED) is 0.782. The second kappa shape index (κ2) is 6.69. The van der Waals surface area contributed by atoms with Crippen LogP contribution in [-0.2, 0) is 0 Å². The SMILES string of the molecule is CNC(/C1=C/CCCCCC1)c1ccc(F)cc1. The summed E-state index contributed by atoms with van der Waals surface area (Å²) < 4.78 is 13.0. The first kappa shape index (κ1) is 13.3. The smallest absolute Gasteiger partial charge is 0.123 e. The largest absolute Gasteiger partial charge is 0.310 e. The maximum absolute atomic E-state index is 13.0. The highest BCUT2D eigenvalue weighted by Crippen LogP contribution is 2.28. The minimum absolute atomic E-state index is 0.166. The molecule has 1 N–H and O–H groups in total. The van der Waals surface area contributed by atoms with Gasteiger partial charge in [-0.2, -0.15) is 0 Å². The van der Waals surface area contributed by atoms with Crippen molar-refractivity contribution in [1.29, 1.82) is 0 Å². The van der Waals surface area contributed by atoms with E-state index in [0.29, 0.717) is 0 Å². The number of nitrogens with one attached hydrogen (secondary N) is 1. The normalized spacial score (nSPS) is 21.6. The van der Waals surface area contributed by atoms with E-state index in [-0.39, 0.29) is 11.9 Å². The molecule has 0 spiro atoms. The van der Waals surface area contributed by atoms with E-state index < -0.39 is 0 Å². The van der Waals surface area contributed by atoms with Gasteiger partial charge in [0.1, 0.15) is 5.82 Å². The predicted octanol–water partition coefficient (Wildman–Crippen LogP) is 4.37. The third-order valence-electron chi connectivity index (χ3n) is 3.69. The average molecular weight is 247 g/mol. The first-order valence-electron chi connectivity index (χ1n) is 6.93. The Labute approximate surface area is 109 Å². The maximum atomic E-state index is 13.0. The zero-order valence-electron chi connectivity index (χ0n) is 11.1. The molecule has 0 amide bonds. The van der Waals surface area contributed by atoms with Gasteiger partial charge in [0.15, 0.2) is 0 Å². The Bertz CT molecular complexity index is 394. The number of likely N-dealkylation sites (N-methyl/N-ethyl adjacent to an activating group) is 1. The van der Waals surface area contributed by atoms with Gasteiger partial charge in [-0.05, 0) is 50.4 Å². The van der Waals surface area contributed by atoms with Crippen molar-refractivity contribution in [3.63, 3.8) is 0 Å². The van der Waals surface area contributed by atoms with Crippen molar-refractivity contribution in [3.05, 3.63) is 47.3 Å². The molecule has 0 saturated heterocycles. The van der Waals surface area contributed by atoms with Crippen LogP contribution in [-0.4, -0.2) is 7.05 Å². The molecule has 18 heavy (non-hydrogen) atoms. The highest BCUT2D eigenvalue weighted by Gasteiger charge is 2.15. The fourth-order valence-corrected chi connectivity index (χ4v) is 2.70. The lowest BCUT2D eigenvalue weighted by Gasteiger charge is -2.22. The highest BCUT2D eigenvalue weighted by molar-refractivity contribution is 5.28. The molecule has 0 aliphatic heterocycles. The molecule has 0 heterocycles. The first-order chi connectivity index (χ1) is 8.81. The van der Waals surface area contributed by atoms with E-state index in [4.69, 9.17) is 0 Å². The molecule has 0 bridgehead atoms. The van der Waals surface area contributed by atoms with Crippen LogP contribution in [0.5, 0.6) is 0 Å². The second-order valence-corrected chi connectivity index (χ2v) is 5.01. The molecule has 1 nitrogen and oxygen atoms in total. The highest BCUT2D eigenvalue weighted by atomic mass is 19.1. The van der Waals surface area contributed by atoms with Gasteiger partial charge >= 0.3 is 0 Å². The first-order valence-corrected chi connectivity index (χ1v) is 6.93. The Morgan fingerprint density at radius 1 is 1.06 bits per heavy atom. The van der Waals surface area contributed by atoms with E-state index in [1.165, 1.54) is 37.7 Å². The van der Waals surface area contributed by atoms with Crippen LogP contribution in [0.3, 0.4) is 0 Å². The molecule has 0 saturated carbocycles. The summed E-state index contributed by atoms with van der Waals surface area (Å²) in [6.45, 7) is 0. The third-order valence-corrected chi connectivity index (χ3v) is 3.69. The molecule has 0 fully saturated rings. The van der Waals surface area contributed by atoms with Crippen LogP contribution in [0.4, 0.5) is 4.39 Å². The van der Waals surface area contributed by atoms with E-state index in [1.54, 1.807) is 12.1 Å². The summed E-state index contributed by atoms with van der Waals surface area (Å²) in [6.07, 6.45) is 9.96. The van der Waals surface area contributed by atoms with E-state index in [1.807, 2.05) is 19.2 Å². The Morgan fingerprint density at radius 3 is 2.50 bits per heavy atom. The number of hydrogen-bond acceptors (Lipinski definition) is 1. The van der Waals surface area contributed by atoms with Gasteiger partial charge in [0, 0.05) is 0 Å². The molecule has 1 aromatic rings. The van der Waals surface area contributed by atoms with Crippen LogP contribution >= 0.6 is 0 Å². The summed E-state index contributed by atoms with van der Waals surface area (Å²) in [6, 6.07) is 7.10. The Balaban J connectivity index is 2.18. The van der Waals surface area contributed by atoms with E-state index in [0.717, 1.165) is 12.0 Å². The lowest BCUT2D eigenvalue weighted by atomic mass is 9.91. The number of benzene rings is 1. The fraction of sp³-hybridized carbons (Fsp3) is 0.500. The van der Waals surface area contributed by atoms with Gasteiger partial charge in [-0.15, -0.1) is 0 Å². The molecule has 2 rings (SSSR count). The zero-order valence-corrected chi connectivity index (χ0v) is 11.1. The topological polar surface area (TPSA) is 12.0 Å². The van der Waals surface area contributed by atoms with Crippen LogP contribution in [0.2, 0.25) is 0 Å². The number of hydrogen-bond donors (Lipinski definition) is 1. The van der Waals surface area contributed by atoms with E-state index in [2.05, 4.69) is 11.4 Å². The Kier molecular flexibility index (Phi) is 4.94. The van der Waals surface area contributed by atoms with Crippen molar-refractivity contribution in [1.82, 2.24) is 5.32 Å². The van der Waals surface area contributed by atoms with Crippen LogP contribution in [0, 0.1) is 5.82 Å². The van der Waals surface area contributed by atoms with Crippen LogP contribution in [0.1, 0.15) is 50.1 Å². The zero-order chi connectivity index (χ0) is 12.8. The minimum Gasteiger partial charge on any atom is -0.310 e. The van der Waals surface area contributed by atoms with Gasteiger partial charge < -0.3 is 5.32 Å². The van der Waals surface area contributed by atoms with Gasteiger partial charge in [0.25, 0.3) is 0 Å². The molecule has 1 aromatic carbocycles. The monoisotopic (exact) mass is 247 g/mol. The van der Waals surface area contributed by atoms with Gasteiger partial charge in [0.05, 0.1) is 6.04 Å². The van der Waals surface area contributed by atoms with Crippen LogP contribution in [0.25, 0.3) is 0 Å². The average Bonchev–Trinajstić information content (AvgIpc) is 2.34. The van der Waals surface area contributed by atoms with Crippen molar-refractivity contribution >= 4 is 0 Å². The molecular weight excluding hydrogens is 225 g/mol. The third kappa shape index (κ3) is 3.42. The molecule has 98 valence electrons. The molecular formula is C16H22FN. The summed E-state index contributed by atoms with van der Waals surface area (Å²) in [7, 11) is 1.98. The summed E-state index contributed by atoms with van der Waals surface area (Å²) >= 11 is 0. The van der Waals surface area contributed by atoms with Crippen molar-refractivity contribution in [2.24, 2.45) is 0 Å². The van der Waals surface area contributed by atoms with Gasteiger partial charge in [0.2, 0.25) is 0 Å². The molecule has 1 aliphatic rings. The second-order valence-electron chi connectivity index (χ2n) is 5.01. The number of halogens is 1. The number of allylic oxidation sites excluding steroid dienone is 1. The van der Waals surface area contributed by atoms with Gasteiger partial charge in [-0.1, -0.05) is 36.6 Å². The van der Waals surface area contributed by atoms with Crippen molar-refractivity contribution < 1.29 is 4.39 Å². The Hall–Kier alpha value is -1.15. The molecule has 0 aromatic heterocycles. The molecule has 1 aliphatic carbocycles. The standard InChI is InChI=1S/C16H22FN/c1-18-16(14-9-11-15(17)12-10-14)13-7-5-3-2-4-6-8-13/h7,9-12,16,18H,2-6,8H2,1H3/b13-7+. The molecule has 1 atom stereocenters. The predicted molar refractivity (Wildman–Crippen MR) is 74.0 cm³/mol. The molecule has 0 radical (unpaired) electrons. The minimum atomic E-state index is -0.166. The molecule has 2 heteroatoms. The Morgan fingerprint density at radius 2 is 1.78 bits per heavy atom. The summed E-state index contributed by atoms with van der Waals surface area (Å²) in [4.78, 5) is 0. The van der Waals surface area contributed by atoms with E-state index in [9.17, 15) is 4.39 Å². The van der Waals surface area contributed by atoms with Crippen molar-refractivity contribution in [2.75, 3.05) is 7.05 Å². The van der Waals surface area contributed by atoms with Crippen LogP contribution in [0.15, 0.2) is 35.9 Å². The lowest BCUT2D eigenvalue weighted by Crippen LogP contribution is -2.19. The van der Waals surface area contributed by atoms with Gasteiger partial charge in [-0.25, -0.2) is 4.39 Å². The summed E-state index contributed by atoms with van der Waals surface area (Å²) in [5, 5.41) is 3.36. The fourth-order valence-electron chi connectivity index (χ4n) is 2.70. The van der Waals surface area contributed by atoms with Crippen molar-refractivity contribution in [2.45, 2.75) is 44.6 Å².